The minimum absolute atomic E-state index is 0.0130. The molecular weight excluding hydrogens is 354 g/mol. The van der Waals surface area contributed by atoms with Crippen molar-refractivity contribution in [3.63, 3.8) is 0 Å². The summed E-state index contributed by atoms with van der Waals surface area (Å²) in [6, 6.07) is -4.66. The van der Waals surface area contributed by atoms with E-state index in [0.29, 0.717) is 0 Å². The molecule has 0 aromatic carbocycles. The summed E-state index contributed by atoms with van der Waals surface area (Å²) < 4.78 is 4.90. The van der Waals surface area contributed by atoms with Crippen molar-refractivity contribution in [2.24, 2.45) is 5.73 Å². The lowest BCUT2D eigenvalue weighted by Gasteiger charge is -2.19. The summed E-state index contributed by atoms with van der Waals surface area (Å²) >= 11 is 0. The van der Waals surface area contributed by atoms with Crippen molar-refractivity contribution in [1.82, 2.24) is 20.8 Å². The van der Waals surface area contributed by atoms with Crippen LogP contribution in [0.3, 0.4) is 0 Å². The van der Waals surface area contributed by atoms with Crippen molar-refractivity contribution in [1.29, 1.82) is 0 Å². The Hall–Kier alpha value is -2.77. The van der Waals surface area contributed by atoms with Crippen LogP contribution in [0.25, 0.3) is 0 Å². The molecular formula is C13H21N5O8. The first-order valence-electron chi connectivity index (χ1n) is 7.55. The molecule has 26 heavy (non-hydrogen) atoms. The van der Waals surface area contributed by atoms with Crippen molar-refractivity contribution >= 4 is 18.0 Å². The van der Waals surface area contributed by atoms with Crippen LogP contribution in [0.4, 0.5) is 4.79 Å². The van der Waals surface area contributed by atoms with Crippen LogP contribution in [-0.4, -0.2) is 67.3 Å². The van der Waals surface area contributed by atoms with Crippen LogP contribution in [0, 0.1) is 0 Å². The smallest absolute Gasteiger partial charge is 0.328 e. The topological polar surface area (TPSA) is 221 Å². The average Bonchev–Trinajstić information content (AvgIpc) is 3.01. The summed E-state index contributed by atoms with van der Waals surface area (Å²) in [7, 11) is 0. The maximum atomic E-state index is 11.9. The van der Waals surface area contributed by atoms with E-state index in [9.17, 15) is 19.5 Å². The highest BCUT2D eigenvalue weighted by atomic mass is 16.5. The molecule has 13 heteroatoms. The van der Waals surface area contributed by atoms with Gasteiger partial charge in [0, 0.05) is 6.61 Å². The Morgan fingerprint density at radius 2 is 1.92 bits per heavy atom. The lowest BCUT2D eigenvalue weighted by atomic mass is 10.2. The maximum Gasteiger partial charge on any atom is 0.328 e. The highest BCUT2D eigenvalue weighted by molar-refractivity contribution is 5.83. The Morgan fingerprint density at radius 1 is 1.27 bits per heavy atom. The van der Waals surface area contributed by atoms with Gasteiger partial charge in [-0.1, -0.05) is 5.16 Å². The molecule has 0 aliphatic rings. The average molecular weight is 375 g/mol. The molecule has 0 fully saturated rings. The van der Waals surface area contributed by atoms with Crippen LogP contribution in [0.2, 0.25) is 0 Å². The molecule has 1 rings (SSSR count). The second-order valence-electron chi connectivity index (χ2n) is 5.43. The third-order valence-electron chi connectivity index (χ3n) is 3.25. The molecule has 0 spiro atoms. The first-order valence-corrected chi connectivity index (χ1v) is 7.55. The van der Waals surface area contributed by atoms with E-state index in [1.54, 1.807) is 0 Å². The number of rotatable bonds is 10. The lowest BCUT2D eigenvalue weighted by Crippen LogP contribution is -2.51. The second-order valence-corrected chi connectivity index (χ2v) is 5.43. The van der Waals surface area contributed by atoms with Gasteiger partial charge in [0.1, 0.15) is 6.04 Å². The minimum atomic E-state index is -1.60. The van der Waals surface area contributed by atoms with Gasteiger partial charge in [0.25, 0.3) is 0 Å². The Bertz CT molecular complexity index is 634. The van der Waals surface area contributed by atoms with Gasteiger partial charge in [-0.25, -0.2) is 9.59 Å². The van der Waals surface area contributed by atoms with Crippen LogP contribution in [0.1, 0.15) is 43.6 Å². The fourth-order valence-electron chi connectivity index (χ4n) is 1.91. The number of carbonyl (C=O) groups excluding carboxylic acids is 1. The number of hydrogen-bond acceptors (Lipinski definition) is 9. The molecule has 0 aliphatic carbocycles. The van der Waals surface area contributed by atoms with Crippen molar-refractivity contribution in [3.05, 3.63) is 11.7 Å². The van der Waals surface area contributed by atoms with Crippen molar-refractivity contribution < 1.29 is 39.3 Å². The van der Waals surface area contributed by atoms with E-state index in [0.717, 1.165) is 0 Å². The zero-order valence-electron chi connectivity index (χ0n) is 13.8. The Morgan fingerprint density at radius 3 is 2.42 bits per heavy atom. The summed E-state index contributed by atoms with van der Waals surface area (Å²) in [4.78, 5) is 37.8. The summed E-state index contributed by atoms with van der Waals surface area (Å²) in [5.74, 6) is -3.01. The third-order valence-corrected chi connectivity index (χ3v) is 3.25. The van der Waals surface area contributed by atoms with Crippen LogP contribution < -0.4 is 16.4 Å². The summed E-state index contributed by atoms with van der Waals surface area (Å²) in [6.07, 6.45) is -1.87. The van der Waals surface area contributed by atoms with Gasteiger partial charge in [0.2, 0.25) is 5.89 Å². The highest BCUT2D eigenvalue weighted by Crippen LogP contribution is 2.18. The van der Waals surface area contributed by atoms with Crippen LogP contribution in [-0.2, 0) is 9.59 Å². The molecule has 1 heterocycles. The predicted molar refractivity (Wildman–Crippen MR) is 82.7 cm³/mol. The number of carboxylic acid groups (broad SMARTS) is 2. The molecule has 0 bridgehead atoms. The van der Waals surface area contributed by atoms with Gasteiger partial charge < -0.3 is 41.3 Å². The van der Waals surface area contributed by atoms with Gasteiger partial charge in [-0.2, -0.15) is 4.98 Å². The summed E-state index contributed by atoms with van der Waals surface area (Å²) in [5.41, 5.74) is 5.70. The number of carboxylic acids is 2. The van der Waals surface area contributed by atoms with E-state index in [-0.39, 0.29) is 24.7 Å². The van der Waals surface area contributed by atoms with Crippen molar-refractivity contribution in [2.75, 3.05) is 6.61 Å². The normalized spacial score (nSPS) is 15.5. The molecule has 1 aromatic rings. The minimum Gasteiger partial charge on any atom is -0.481 e. The predicted octanol–water partition coefficient (Wildman–Crippen LogP) is -1.90. The number of aliphatic carboxylic acids is 2. The van der Waals surface area contributed by atoms with Crippen LogP contribution in [0.5, 0.6) is 0 Å². The molecule has 8 N–H and O–H groups in total. The molecule has 13 nitrogen and oxygen atoms in total. The molecule has 146 valence electrons. The summed E-state index contributed by atoms with van der Waals surface area (Å²) in [6.45, 7) is 0.945. The number of aromatic nitrogens is 2. The number of aliphatic hydroxyl groups is 2. The number of nitrogens with one attached hydrogen (secondary N) is 2. The standard InChI is InChI=1S/C13H21N5O8/c1-5(20)9(12(23)24)16-13(25)15-7(4-8(21)22)11-17-10(18-26-11)6(14)2-3-19/h5-7,9,19-20H,2-4,14H2,1H3,(H,21,22)(H,23,24)(H2,15,16,25)/t5-,6+,7+,9+/m1/s1. The van der Waals surface area contributed by atoms with Gasteiger partial charge in [-0.3, -0.25) is 4.79 Å². The highest BCUT2D eigenvalue weighted by Gasteiger charge is 2.29. The fraction of sp³-hybridized carbons (Fsp3) is 0.615. The number of urea groups is 1. The van der Waals surface area contributed by atoms with Crippen LogP contribution >= 0.6 is 0 Å². The van der Waals surface area contributed by atoms with E-state index >= 15 is 0 Å². The molecule has 1 aromatic heterocycles. The largest absolute Gasteiger partial charge is 0.481 e. The molecule has 0 saturated heterocycles. The monoisotopic (exact) mass is 375 g/mol. The Kier molecular flexibility index (Phi) is 7.89. The number of carbonyl (C=O) groups is 3. The molecule has 4 atom stereocenters. The molecule has 0 aliphatic heterocycles. The molecule has 2 amide bonds. The Balaban J connectivity index is 2.89. The van der Waals surface area contributed by atoms with Crippen molar-refractivity contribution in [3.8, 4) is 0 Å². The zero-order chi connectivity index (χ0) is 19.9. The molecule has 0 unspecified atom stereocenters. The molecule has 0 radical (unpaired) electrons. The van der Waals surface area contributed by atoms with E-state index in [1.807, 2.05) is 5.32 Å². The van der Waals surface area contributed by atoms with E-state index in [4.69, 9.17) is 25.6 Å². The second kappa shape index (κ2) is 9.65. The summed E-state index contributed by atoms with van der Waals surface area (Å²) in [5, 5.41) is 43.9. The number of nitrogens with zero attached hydrogens (tertiary/aromatic N) is 2. The number of nitrogens with two attached hydrogens (primary N) is 1. The van der Waals surface area contributed by atoms with Gasteiger partial charge >= 0.3 is 18.0 Å². The van der Waals surface area contributed by atoms with Crippen molar-refractivity contribution in [2.45, 2.75) is 44.0 Å². The number of amides is 2. The van der Waals surface area contributed by atoms with Crippen LogP contribution in [0.15, 0.2) is 4.52 Å². The zero-order valence-corrected chi connectivity index (χ0v) is 13.8. The first kappa shape index (κ1) is 21.3. The Labute approximate surface area is 147 Å². The third kappa shape index (κ3) is 6.27. The van der Waals surface area contributed by atoms with Gasteiger partial charge in [-0.15, -0.1) is 0 Å². The van der Waals surface area contributed by atoms with E-state index in [1.165, 1.54) is 6.92 Å². The SMILES string of the molecule is C[C@@H](O)[C@H](NC(=O)N[C@@H](CC(=O)O)c1nc([C@@H](N)CCO)no1)C(=O)O. The van der Waals surface area contributed by atoms with E-state index in [2.05, 4.69) is 15.5 Å². The van der Waals surface area contributed by atoms with Gasteiger partial charge in [0.05, 0.1) is 18.6 Å². The molecule has 0 saturated carbocycles. The number of hydrogen-bond donors (Lipinski definition) is 7. The fourth-order valence-corrected chi connectivity index (χ4v) is 1.91. The lowest BCUT2D eigenvalue weighted by molar-refractivity contribution is -0.142. The number of aliphatic hydroxyl groups excluding tert-OH is 2. The van der Waals surface area contributed by atoms with Gasteiger partial charge in [-0.05, 0) is 13.3 Å². The van der Waals surface area contributed by atoms with E-state index < -0.39 is 48.6 Å². The maximum absolute atomic E-state index is 11.9. The quantitative estimate of drug-likeness (QED) is 0.239. The van der Waals surface area contributed by atoms with Gasteiger partial charge in [0.15, 0.2) is 11.9 Å². The first-order chi connectivity index (χ1) is 12.1.